The van der Waals surface area contributed by atoms with Crippen molar-refractivity contribution in [3.63, 3.8) is 0 Å². The Hall–Kier alpha value is -1.64. The highest BCUT2D eigenvalue weighted by molar-refractivity contribution is 5.69. The van der Waals surface area contributed by atoms with E-state index < -0.39 is 0 Å². The predicted octanol–water partition coefficient (Wildman–Crippen LogP) is 2.13. The van der Waals surface area contributed by atoms with E-state index in [0.717, 1.165) is 5.57 Å². The first-order chi connectivity index (χ1) is 5.77. The molecule has 1 aromatic heterocycles. The molecule has 0 N–H and O–H groups in total. The van der Waals surface area contributed by atoms with Gasteiger partial charge in [0.1, 0.15) is 0 Å². The lowest BCUT2D eigenvalue weighted by Gasteiger charge is -1.89. The Morgan fingerprint density at radius 3 is 2.67 bits per heavy atom. The SMILES string of the molecule is C=CC=C(C=C)c1noc(C)n1. The molecule has 0 atom stereocenters. The molecular formula is C9H10N2O. The van der Waals surface area contributed by atoms with Crippen LogP contribution in [0.15, 0.2) is 35.9 Å². The van der Waals surface area contributed by atoms with Gasteiger partial charge in [-0.05, 0) is 0 Å². The fraction of sp³-hybridized carbons (Fsp3) is 0.111. The normalized spacial score (nSPS) is 11.2. The van der Waals surface area contributed by atoms with Gasteiger partial charge in [0.2, 0.25) is 11.7 Å². The monoisotopic (exact) mass is 162 g/mol. The summed E-state index contributed by atoms with van der Waals surface area (Å²) in [7, 11) is 0. The van der Waals surface area contributed by atoms with Gasteiger partial charge in [-0.1, -0.05) is 36.5 Å². The molecule has 0 aliphatic heterocycles. The van der Waals surface area contributed by atoms with Crippen LogP contribution in [0.4, 0.5) is 0 Å². The fourth-order valence-corrected chi connectivity index (χ4v) is 0.777. The molecule has 0 amide bonds. The maximum Gasteiger partial charge on any atom is 0.223 e. The molecule has 3 heteroatoms. The maximum atomic E-state index is 4.81. The van der Waals surface area contributed by atoms with Crippen molar-refractivity contribution in [3.8, 4) is 0 Å². The minimum Gasteiger partial charge on any atom is -0.339 e. The van der Waals surface area contributed by atoms with Gasteiger partial charge >= 0.3 is 0 Å². The van der Waals surface area contributed by atoms with Crippen molar-refractivity contribution < 1.29 is 4.52 Å². The molecule has 0 saturated heterocycles. The highest BCUT2D eigenvalue weighted by atomic mass is 16.5. The van der Waals surface area contributed by atoms with E-state index in [1.54, 1.807) is 25.2 Å². The van der Waals surface area contributed by atoms with Crippen LogP contribution in [-0.4, -0.2) is 10.1 Å². The molecule has 0 aromatic carbocycles. The Kier molecular flexibility index (Phi) is 2.58. The summed E-state index contributed by atoms with van der Waals surface area (Å²) in [6, 6.07) is 0. The smallest absolute Gasteiger partial charge is 0.223 e. The zero-order chi connectivity index (χ0) is 8.97. The van der Waals surface area contributed by atoms with Crippen molar-refractivity contribution in [2.75, 3.05) is 0 Å². The van der Waals surface area contributed by atoms with E-state index >= 15 is 0 Å². The summed E-state index contributed by atoms with van der Waals surface area (Å²) in [4.78, 5) is 4.04. The molecule has 0 aliphatic carbocycles. The Morgan fingerprint density at radius 1 is 1.50 bits per heavy atom. The van der Waals surface area contributed by atoms with Gasteiger partial charge in [-0.25, -0.2) is 0 Å². The molecule has 62 valence electrons. The van der Waals surface area contributed by atoms with Crippen LogP contribution in [-0.2, 0) is 0 Å². The van der Waals surface area contributed by atoms with E-state index in [4.69, 9.17) is 4.52 Å². The Morgan fingerprint density at radius 2 is 2.25 bits per heavy atom. The molecule has 0 radical (unpaired) electrons. The minimum atomic E-state index is 0.543. The van der Waals surface area contributed by atoms with Gasteiger partial charge in [-0.2, -0.15) is 4.98 Å². The summed E-state index contributed by atoms with van der Waals surface area (Å²) in [5.41, 5.74) is 0.807. The second kappa shape index (κ2) is 3.67. The predicted molar refractivity (Wildman–Crippen MR) is 47.4 cm³/mol. The largest absolute Gasteiger partial charge is 0.339 e. The maximum absolute atomic E-state index is 4.81. The van der Waals surface area contributed by atoms with E-state index in [9.17, 15) is 0 Å². The van der Waals surface area contributed by atoms with Crippen LogP contribution in [0, 0.1) is 6.92 Å². The summed E-state index contributed by atoms with van der Waals surface area (Å²) < 4.78 is 4.81. The standard InChI is InChI=1S/C9H10N2O/c1-4-6-8(5-2)9-10-7(3)12-11-9/h4-6H,1-2H2,3H3. The highest BCUT2D eigenvalue weighted by Gasteiger charge is 2.03. The number of rotatable bonds is 3. The number of aromatic nitrogens is 2. The Labute approximate surface area is 71.1 Å². The van der Waals surface area contributed by atoms with Gasteiger partial charge in [0.25, 0.3) is 0 Å². The average Bonchev–Trinajstić information content (AvgIpc) is 2.47. The zero-order valence-corrected chi connectivity index (χ0v) is 6.95. The Bertz CT molecular complexity index is 323. The molecule has 0 spiro atoms. The van der Waals surface area contributed by atoms with E-state index in [2.05, 4.69) is 23.3 Å². The number of allylic oxidation sites excluding steroid dienone is 4. The summed E-state index contributed by atoms with van der Waals surface area (Å²) in [6.45, 7) is 8.94. The van der Waals surface area contributed by atoms with E-state index in [1.807, 2.05) is 0 Å². The quantitative estimate of drug-likeness (QED) is 0.639. The van der Waals surface area contributed by atoms with Crippen molar-refractivity contribution in [2.45, 2.75) is 6.92 Å². The van der Waals surface area contributed by atoms with Crippen LogP contribution < -0.4 is 0 Å². The lowest BCUT2D eigenvalue weighted by molar-refractivity contribution is 0.391. The average molecular weight is 162 g/mol. The van der Waals surface area contributed by atoms with Crippen molar-refractivity contribution in [1.82, 2.24) is 10.1 Å². The van der Waals surface area contributed by atoms with E-state index in [0.29, 0.717) is 11.7 Å². The molecule has 0 fully saturated rings. The van der Waals surface area contributed by atoms with Crippen LogP contribution in [0.1, 0.15) is 11.7 Å². The molecule has 0 aliphatic rings. The van der Waals surface area contributed by atoms with Crippen molar-refractivity contribution in [2.24, 2.45) is 0 Å². The first-order valence-corrected chi connectivity index (χ1v) is 3.53. The summed E-state index contributed by atoms with van der Waals surface area (Å²) in [5.74, 6) is 1.09. The van der Waals surface area contributed by atoms with Gasteiger partial charge in [0.15, 0.2) is 0 Å². The number of nitrogens with zero attached hydrogens (tertiary/aromatic N) is 2. The number of hydrogen-bond acceptors (Lipinski definition) is 3. The highest BCUT2D eigenvalue weighted by Crippen LogP contribution is 2.10. The van der Waals surface area contributed by atoms with Crippen LogP contribution in [0.25, 0.3) is 5.57 Å². The van der Waals surface area contributed by atoms with Gasteiger partial charge in [0.05, 0.1) is 0 Å². The van der Waals surface area contributed by atoms with Crippen molar-refractivity contribution in [3.05, 3.63) is 43.1 Å². The molecular weight excluding hydrogens is 152 g/mol. The summed E-state index contributed by atoms with van der Waals surface area (Å²) in [5, 5.41) is 3.73. The molecule has 1 heterocycles. The van der Waals surface area contributed by atoms with E-state index in [-0.39, 0.29) is 0 Å². The van der Waals surface area contributed by atoms with Gasteiger partial charge < -0.3 is 4.52 Å². The molecule has 0 unspecified atom stereocenters. The third kappa shape index (κ3) is 1.69. The zero-order valence-electron chi connectivity index (χ0n) is 6.95. The third-order valence-corrected chi connectivity index (χ3v) is 1.30. The van der Waals surface area contributed by atoms with Crippen LogP contribution in [0.3, 0.4) is 0 Å². The van der Waals surface area contributed by atoms with Crippen LogP contribution in [0.5, 0.6) is 0 Å². The van der Waals surface area contributed by atoms with Gasteiger partial charge in [-0.3, -0.25) is 0 Å². The molecule has 0 bridgehead atoms. The second-order valence-corrected chi connectivity index (χ2v) is 2.20. The van der Waals surface area contributed by atoms with Crippen molar-refractivity contribution >= 4 is 5.57 Å². The molecule has 12 heavy (non-hydrogen) atoms. The van der Waals surface area contributed by atoms with E-state index in [1.165, 1.54) is 0 Å². The summed E-state index contributed by atoms with van der Waals surface area (Å²) in [6.07, 6.45) is 5.09. The second-order valence-electron chi connectivity index (χ2n) is 2.20. The lowest BCUT2D eigenvalue weighted by atomic mass is 10.2. The number of hydrogen-bond donors (Lipinski definition) is 0. The third-order valence-electron chi connectivity index (χ3n) is 1.30. The van der Waals surface area contributed by atoms with Crippen LogP contribution >= 0.6 is 0 Å². The first kappa shape index (κ1) is 8.46. The molecule has 0 saturated carbocycles. The Balaban J connectivity index is 3.02. The topological polar surface area (TPSA) is 38.9 Å². The number of aryl methyl sites for hydroxylation is 1. The molecule has 1 rings (SSSR count). The van der Waals surface area contributed by atoms with Gasteiger partial charge in [0, 0.05) is 12.5 Å². The minimum absolute atomic E-state index is 0.543. The molecule has 1 aromatic rings. The summed E-state index contributed by atoms with van der Waals surface area (Å²) >= 11 is 0. The van der Waals surface area contributed by atoms with Crippen LogP contribution in [0.2, 0.25) is 0 Å². The lowest BCUT2D eigenvalue weighted by Crippen LogP contribution is -1.82. The van der Waals surface area contributed by atoms with Gasteiger partial charge in [-0.15, -0.1) is 0 Å². The first-order valence-electron chi connectivity index (χ1n) is 3.53. The fourth-order valence-electron chi connectivity index (χ4n) is 0.777. The molecule has 3 nitrogen and oxygen atoms in total. The van der Waals surface area contributed by atoms with Crippen molar-refractivity contribution in [1.29, 1.82) is 0 Å².